The van der Waals surface area contributed by atoms with Gasteiger partial charge in [0.25, 0.3) is 0 Å². The lowest BCUT2D eigenvalue weighted by Crippen LogP contribution is -2.27. The number of ether oxygens (including phenoxy) is 2. The van der Waals surface area contributed by atoms with E-state index in [0.717, 1.165) is 16.2 Å². The van der Waals surface area contributed by atoms with E-state index < -0.39 is 0 Å². The number of hydrogen-bond acceptors (Lipinski definition) is 6. The predicted molar refractivity (Wildman–Crippen MR) is 95.1 cm³/mol. The van der Waals surface area contributed by atoms with E-state index in [0.29, 0.717) is 22.9 Å². The van der Waals surface area contributed by atoms with Crippen molar-refractivity contribution in [2.45, 2.75) is 13.1 Å². The molecule has 0 saturated carbocycles. The Morgan fingerprint density at radius 3 is 3.08 bits per heavy atom. The van der Waals surface area contributed by atoms with Gasteiger partial charge in [0, 0.05) is 6.54 Å². The molecule has 0 aliphatic carbocycles. The number of aromatic amines is 1. The molecule has 3 aromatic rings. The monoisotopic (exact) mass is 374 g/mol. The number of nitrogens with one attached hydrogen (secondary N) is 2. The number of amides is 1. The van der Waals surface area contributed by atoms with Crippen molar-refractivity contribution in [3.8, 4) is 22.2 Å². The van der Waals surface area contributed by atoms with Crippen LogP contribution in [0.5, 0.6) is 11.5 Å². The molecule has 7 nitrogen and oxygen atoms in total. The summed E-state index contributed by atoms with van der Waals surface area (Å²) >= 11 is 6.78. The molecule has 0 fully saturated rings. The Hall–Kier alpha value is -2.65. The summed E-state index contributed by atoms with van der Waals surface area (Å²) in [5.41, 5.74) is 0.937. The third-order valence-corrected chi connectivity index (χ3v) is 4.91. The average Bonchev–Trinajstić information content (AvgIpc) is 3.34. The van der Waals surface area contributed by atoms with E-state index in [1.54, 1.807) is 15.9 Å². The molecule has 1 aromatic carbocycles. The zero-order chi connectivity index (χ0) is 17.2. The van der Waals surface area contributed by atoms with E-state index in [-0.39, 0.29) is 19.2 Å². The second-order valence-corrected chi connectivity index (χ2v) is 6.71. The molecule has 1 amide bonds. The van der Waals surface area contributed by atoms with Crippen molar-refractivity contribution >= 4 is 29.5 Å². The molecule has 9 heteroatoms. The van der Waals surface area contributed by atoms with E-state index >= 15 is 0 Å². The number of hydrogen-bond donors (Lipinski definition) is 2. The molecule has 4 rings (SSSR count). The highest BCUT2D eigenvalue weighted by molar-refractivity contribution is 7.71. The third-order valence-electron chi connectivity index (χ3n) is 3.73. The van der Waals surface area contributed by atoms with Gasteiger partial charge in [-0.3, -0.25) is 14.5 Å². The predicted octanol–water partition coefficient (Wildman–Crippen LogP) is 2.71. The Balaban J connectivity index is 1.43. The number of aromatic nitrogens is 3. The number of carbonyl (C=O) groups excluding carboxylic acids is 1. The van der Waals surface area contributed by atoms with Crippen LogP contribution < -0.4 is 14.8 Å². The molecule has 0 atom stereocenters. The number of thiophene rings is 1. The van der Waals surface area contributed by atoms with Gasteiger partial charge in [-0.25, -0.2) is 0 Å². The summed E-state index contributed by atoms with van der Waals surface area (Å²) in [4.78, 5) is 13.3. The number of nitrogens with zero attached hydrogens (tertiary/aromatic N) is 2. The van der Waals surface area contributed by atoms with Gasteiger partial charge < -0.3 is 14.8 Å². The van der Waals surface area contributed by atoms with Crippen molar-refractivity contribution in [1.82, 2.24) is 20.1 Å². The van der Waals surface area contributed by atoms with Crippen LogP contribution in [0.15, 0.2) is 35.7 Å². The summed E-state index contributed by atoms with van der Waals surface area (Å²) in [6.45, 7) is 0.734. The molecule has 2 aromatic heterocycles. The van der Waals surface area contributed by atoms with Crippen LogP contribution in [0, 0.1) is 4.77 Å². The van der Waals surface area contributed by atoms with Gasteiger partial charge in [-0.05, 0) is 41.4 Å². The molecule has 0 radical (unpaired) electrons. The van der Waals surface area contributed by atoms with Crippen molar-refractivity contribution < 1.29 is 14.3 Å². The molecule has 1 aliphatic rings. The standard InChI is InChI=1S/C16H14N4O3S2/c21-14(17-7-10-3-4-11-12(6-10)23-9-22-11)8-20-15(18-19-16(20)24)13-2-1-5-25-13/h1-6H,7-9H2,(H,17,21)(H,19,24). The number of H-pyrrole nitrogens is 1. The van der Waals surface area contributed by atoms with Crippen LogP contribution in [0.25, 0.3) is 10.7 Å². The smallest absolute Gasteiger partial charge is 0.240 e. The van der Waals surface area contributed by atoms with Gasteiger partial charge in [-0.1, -0.05) is 12.1 Å². The summed E-state index contributed by atoms with van der Waals surface area (Å²) < 4.78 is 12.7. The topological polar surface area (TPSA) is 81.2 Å². The fourth-order valence-corrected chi connectivity index (χ4v) is 3.43. The Labute approximate surface area is 152 Å². The first kappa shape index (κ1) is 15.9. The molecular formula is C16H14N4O3S2. The van der Waals surface area contributed by atoms with Crippen molar-refractivity contribution in [1.29, 1.82) is 0 Å². The Morgan fingerprint density at radius 2 is 2.24 bits per heavy atom. The summed E-state index contributed by atoms with van der Waals surface area (Å²) in [6, 6.07) is 9.47. The average molecular weight is 374 g/mol. The van der Waals surface area contributed by atoms with Crippen molar-refractivity contribution in [2.75, 3.05) is 6.79 Å². The normalized spacial score (nSPS) is 12.3. The lowest BCUT2D eigenvalue weighted by molar-refractivity contribution is -0.121. The Bertz CT molecular complexity index is 962. The zero-order valence-electron chi connectivity index (χ0n) is 13.0. The number of carbonyl (C=O) groups is 1. The van der Waals surface area contributed by atoms with Crippen molar-refractivity contribution in [3.63, 3.8) is 0 Å². The molecule has 2 N–H and O–H groups in total. The summed E-state index contributed by atoms with van der Waals surface area (Å²) in [5.74, 6) is 1.94. The van der Waals surface area contributed by atoms with Crippen LogP contribution in [-0.2, 0) is 17.9 Å². The second kappa shape index (κ2) is 6.69. The Kier molecular flexibility index (Phi) is 4.24. The van der Waals surface area contributed by atoms with E-state index in [9.17, 15) is 4.79 Å². The molecule has 3 heterocycles. The lowest BCUT2D eigenvalue weighted by Gasteiger charge is -2.08. The molecule has 0 unspecified atom stereocenters. The number of fused-ring (bicyclic) bond motifs is 1. The molecule has 1 aliphatic heterocycles. The first-order chi connectivity index (χ1) is 12.2. The van der Waals surface area contributed by atoms with Crippen molar-refractivity contribution in [2.24, 2.45) is 0 Å². The highest BCUT2D eigenvalue weighted by Gasteiger charge is 2.15. The zero-order valence-corrected chi connectivity index (χ0v) is 14.7. The molecule has 128 valence electrons. The van der Waals surface area contributed by atoms with Crippen LogP contribution in [0.1, 0.15) is 5.56 Å². The molecule has 0 saturated heterocycles. The maximum atomic E-state index is 12.3. The fraction of sp³-hybridized carbons (Fsp3) is 0.188. The lowest BCUT2D eigenvalue weighted by atomic mass is 10.2. The maximum absolute atomic E-state index is 12.3. The van der Waals surface area contributed by atoms with Gasteiger partial charge in [-0.2, -0.15) is 5.10 Å². The van der Waals surface area contributed by atoms with E-state index in [1.165, 1.54) is 0 Å². The Morgan fingerprint density at radius 1 is 1.36 bits per heavy atom. The summed E-state index contributed by atoms with van der Waals surface area (Å²) in [7, 11) is 0. The molecule has 25 heavy (non-hydrogen) atoms. The van der Waals surface area contributed by atoms with Crippen LogP contribution in [0.2, 0.25) is 0 Å². The summed E-state index contributed by atoms with van der Waals surface area (Å²) in [5, 5.41) is 11.8. The largest absolute Gasteiger partial charge is 0.454 e. The van der Waals surface area contributed by atoms with Gasteiger partial charge in [0.05, 0.1) is 4.88 Å². The van der Waals surface area contributed by atoms with Crippen LogP contribution in [-0.4, -0.2) is 27.5 Å². The van der Waals surface area contributed by atoms with Gasteiger partial charge in [-0.15, -0.1) is 11.3 Å². The minimum Gasteiger partial charge on any atom is -0.454 e. The van der Waals surface area contributed by atoms with Crippen LogP contribution in [0.4, 0.5) is 0 Å². The van der Waals surface area contributed by atoms with Gasteiger partial charge in [0.2, 0.25) is 12.7 Å². The third kappa shape index (κ3) is 3.28. The minimum atomic E-state index is -0.145. The van der Waals surface area contributed by atoms with Gasteiger partial charge in [0.15, 0.2) is 22.1 Å². The minimum absolute atomic E-state index is 0.104. The maximum Gasteiger partial charge on any atom is 0.240 e. The van der Waals surface area contributed by atoms with Crippen LogP contribution in [0.3, 0.4) is 0 Å². The second-order valence-electron chi connectivity index (χ2n) is 5.38. The first-order valence-corrected chi connectivity index (χ1v) is 8.84. The molecular weight excluding hydrogens is 360 g/mol. The number of benzene rings is 1. The van der Waals surface area contributed by atoms with Gasteiger partial charge in [0.1, 0.15) is 6.54 Å². The first-order valence-electron chi connectivity index (χ1n) is 7.55. The summed E-state index contributed by atoms with van der Waals surface area (Å²) in [6.07, 6.45) is 0. The SMILES string of the molecule is O=C(Cn1c(-c2cccs2)n[nH]c1=S)NCc1ccc2c(c1)OCO2. The van der Waals surface area contributed by atoms with Crippen molar-refractivity contribution in [3.05, 3.63) is 46.0 Å². The van der Waals surface area contributed by atoms with E-state index in [4.69, 9.17) is 21.7 Å². The highest BCUT2D eigenvalue weighted by Crippen LogP contribution is 2.32. The van der Waals surface area contributed by atoms with E-state index in [2.05, 4.69) is 15.5 Å². The van der Waals surface area contributed by atoms with Gasteiger partial charge >= 0.3 is 0 Å². The number of rotatable bonds is 5. The molecule has 0 spiro atoms. The highest BCUT2D eigenvalue weighted by atomic mass is 32.1. The fourth-order valence-electron chi connectivity index (χ4n) is 2.51. The van der Waals surface area contributed by atoms with Crippen LogP contribution >= 0.6 is 23.6 Å². The molecule has 0 bridgehead atoms. The quantitative estimate of drug-likeness (QED) is 0.671. The van der Waals surface area contributed by atoms with E-state index in [1.807, 2.05) is 35.7 Å².